The zero-order chi connectivity index (χ0) is 13.4. The van der Waals surface area contributed by atoms with Crippen molar-refractivity contribution in [1.29, 1.82) is 0 Å². The normalized spacial score (nSPS) is 10.3. The molecule has 0 heterocycles. The number of unbranched alkanes of at least 4 members (excludes halogenated alkanes) is 3. The van der Waals surface area contributed by atoms with E-state index in [4.69, 9.17) is 0 Å². The molecule has 1 aromatic rings. The van der Waals surface area contributed by atoms with Crippen LogP contribution in [0.25, 0.3) is 0 Å². The molecule has 0 aromatic heterocycles. The molecular weight excluding hydrogens is 456 g/mol. The number of halogens is 2. The molecule has 2 N–H and O–H groups in total. The highest BCUT2D eigenvalue weighted by atomic mass is 127. The molecule has 1 amide bonds. The third-order valence-corrected chi connectivity index (χ3v) is 3.98. The smallest absolute Gasteiger partial charge is 0.255 e. The van der Waals surface area contributed by atoms with Crippen molar-refractivity contribution in [3.05, 3.63) is 27.3 Å². The lowest BCUT2D eigenvalue weighted by Gasteiger charge is -2.07. The number of amides is 1. The number of hydrogen-bond acceptors (Lipinski definition) is 2. The Morgan fingerprint density at radius 3 is 2.67 bits per heavy atom. The average Bonchev–Trinajstić information content (AvgIpc) is 2.36. The zero-order valence-corrected chi connectivity index (χ0v) is 14.4. The molecular formula is C13H17I2NO2. The van der Waals surface area contributed by atoms with E-state index in [-0.39, 0.29) is 11.7 Å². The lowest BCUT2D eigenvalue weighted by Crippen LogP contribution is -2.24. The minimum atomic E-state index is -0.195. The first-order valence-corrected chi connectivity index (χ1v) is 8.58. The number of phenols is 1. The number of phenolic OH excluding ortho intramolecular Hbond substituents is 1. The molecule has 0 aliphatic carbocycles. The number of aromatic hydroxyl groups is 1. The fourth-order valence-corrected chi connectivity index (χ4v) is 2.59. The van der Waals surface area contributed by atoms with Gasteiger partial charge < -0.3 is 10.4 Å². The van der Waals surface area contributed by atoms with Crippen LogP contribution in [-0.4, -0.2) is 22.0 Å². The van der Waals surface area contributed by atoms with Crippen LogP contribution in [0.2, 0.25) is 0 Å². The SMILES string of the molecule is O=C(NCCCCCCI)c1cc(I)ccc1O. The summed E-state index contributed by atoms with van der Waals surface area (Å²) in [6.45, 7) is 0.672. The summed E-state index contributed by atoms with van der Waals surface area (Å²) in [4.78, 5) is 11.8. The van der Waals surface area contributed by atoms with Crippen molar-refractivity contribution in [3.8, 4) is 5.75 Å². The van der Waals surface area contributed by atoms with Crippen LogP contribution in [0.4, 0.5) is 0 Å². The summed E-state index contributed by atoms with van der Waals surface area (Å²) in [5, 5.41) is 12.5. The molecule has 0 bridgehead atoms. The number of nitrogens with one attached hydrogen (secondary N) is 1. The van der Waals surface area contributed by atoms with Crippen LogP contribution in [0, 0.1) is 3.57 Å². The molecule has 0 radical (unpaired) electrons. The molecule has 0 atom stereocenters. The van der Waals surface area contributed by atoms with Crippen LogP contribution in [-0.2, 0) is 0 Å². The van der Waals surface area contributed by atoms with Gasteiger partial charge in [0, 0.05) is 10.1 Å². The number of benzene rings is 1. The van der Waals surface area contributed by atoms with Crippen molar-refractivity contribution in [2.45, 2.75) is 25.7 Å². The number of rotatable bonds is 7. The molecule has 18 heavy (non-hydrogen) atoms. The van der Waals surface area contributed by atoms with Gasteiger partial charge in [0.1, 0.15) is 5.75 Å². The minimum absolute atomic E-state index is 0.0397. The van der Waals surface area contributed by atoms with E-state index in [9.17, 15) is 9.90 Å². The lowest BCUT2D eigenvalue weighted by molar-refractivity contribution is 0.0950. The van der Waals surface area contributed by atoms with Gasteiger partial charge in [0.2, 0.25) is 0 Å². The van der Waals surface area contributed by atoms with Gasteiger partial charge in [-0.05, 0) is 58.1 Å². The molecule has 5 heteroatoms. The Labute approximate surface area is 135 Å². The average molecular weight is 473 g/mol. The zero-order valence-electron chi connectivity index (χ0n) is 10.1. The molecule has 0 saturated heterocycles. The second kappa shape index (κ2) is 8.95. The van der Waals surface area contributed by atoms with E-state index in [1.807, 2.05) is 0 Å². The number of hydrogen-bond donors (Lipinski definition) is 2. The molecule has 100 valence electrons. The predicted molar refractivity (Wildman–Crippen MR) is 90.5 cm³/mol. The Balaban J connectivity index is 2.34. The summed E-state index contributed by atoms with van der Waals surface area (Å²) < 4.78 is 2.14. The molecule has 3 nitrogen and oxygen atoms in total. The van der Waals surface area contributed by atoms with Crippen LogP contribution >= 0.6 is 45.2 Å². The van der Waals surface area contributed by atoms with Gasteiger partial charge in [0.05, 0.1) is 5.56 Å². The van der Waals surface area contributed by atoms with Crippen LogP contribution in [0.5, 0.6) is 5.75 Å². The highest BCUT2D eigenvalue weighted by Crippen LogP contribution is 2.19. The van der Waals surface area contributed by atoms with Gasteiger partial charge in [0.25, 0.3) is 5.91 Å². The number of carbonyl (C=O) groups excluding carboxylic acids is 1. The predicted octanol–water partition coefficient (Wildman–Crippen LogP) is 3.72. The van der Waals surface area contributed by atoms with Gasteiger partial charge in [0.15, 0.2) is 0 Å². The third-order valence-electron chi connectivity index (χ3n) is 2.55. The van der Waals surface area contributed by atoms with E-state index in [1.165, 1.54) is 17.3 Å². The monoisotopic (exact) mass is 473 g/mol. The Morgan fingerprint density at radius 1 is 1.22 bits per heavy atom. The van der Waals surface area contributed by atoms with E-state index in [1.54, 1.807) is 18.2 Å². The molecule has 0 aliphatic rings. The Hall–Kier alpha value is -0.0500. The highest BCUT2D eigenvalue weighted by molar-refractivity contribution is 14.1. The number of alkyl halides is 1. The molecule has 0 spiro atoms. The Kier molecular flexibility index (Phi) is 7.96. The fraction of sp³-hybridized carbons (Fsp3) is 0.462. The van der Waals surface area contributed by atoms with Crippen molar-refractivity contribution in [1.82, 2.24) is 5.32 Å². The van der Waals surface area contributed by atoms with Gasteiger partial charge in [-0.1, -0.05) is 35.4 Å². The molecule has 0 aliphatic heterocycles. The minimum Gasteiger partial charge on any atom is -0.507 e. The van der Waals surface area contributed by atoms with E-state index in [0.717, 1.165) is 16.4 Å². The fourth-order valence-electron chi connectivity index (χ4n) is 1.56. The molecule has 0 fully saturated rings. The quantitative estimate of drug-likeness (QED) is 0.361. The van der Waals surface area contributed by atoms with Crippen LogP contribution in [0.1, 0.15) is 36.0 Å². The van der Waals surface area contributed by atoms with E-state index in [2.05, 4.69) is 50.5 Å². The summed E-state index contributed by atoms with van der Waals surface area (Å²) in [6, 6.07) is 5.02. The number of carbonyl (C=O) groups is 1. The summed E-state index contributed by atoms with van der Waals surface area (Å²) in [7, 11) is 0. The van der Waals surface area contributed by atoms with E-state index >= 15 is 0 Å². The largest absolute Gasteiger partial charge is 0.507 e. The Bertz CT molecular complexity index is 397. The first-order valence-electron chi connectivity index (χ1n) is 5.98. The van der Waals surface area contributed by atoms with Crippen LogP contribution < -0.4 is 5.32 Å². The summed E-state index contributed by atoms with van der Waals surface area (Å²) in [6.07, 6.45) is 4.59. The van der Waals surface area contributed by atoms with Gasteiger partial charge in [-0.2, -0.15) is 0 Å². The second-order valence-corrected chi connectivity index (χ2v) is 6.34. The van der Waals surface area contributed by atoms with Gasteiger partial charge in [-0.3, -0.25) is 4.79 Å². The van der Waals surface area contributed by atoms with Gasteiger partial charge >= 0.3 is 0 Å². The summed E-state index contributed by atoms with van der Waals surface area (Å²) >= 11 is 4.50. The third kappa shape index (κ3) is 5.73. The van der Waals surface area contributed by atoms with Crippen molar-refractivity contribution in [2.24, 2.45) is 0 Å². The van der Waals surface area contributed by atoms with E-state index < -0.39 is 0 Å². The summed E-state index contributed by atoms with van der Waals surface area (Å²) in [5.74, 6) is -0.155. The first kappa shape index (κ1) is 16.0. The summed E-state index contributed by atoms with van der Waals surface area (Å²) in [5.41, 5.74) is 0.356. The van der Waals surface area contributed by atoms with E-state index in [0.29, 0.717) is 12.1 Å². The van der Waals surface area contributed by atoms with Crippen molar-refractivity contribution in [2.75, 3.05) is 11.0 Å². The van der Waals surface area contributed by atoms with Gasteiger partial charge in [-0.25, -0.2) is 0 Å². The highest BCUT2D eigenvalue weighted by Gasteiger charge is 2.10. The van der Waals surface area contributed by atoms with Crippen molar-refractivity contribution in [3.63, 3.8) is 0 Å². The molecule has 1 rings (SSSR count). The maximum Gasteiger partial charge on any atom is 0.255 e. The van der Waals surface area contributed by atoms with Crippen molar-refractivity contribution >= 4 is 51.1 Å². The molecule has 1 aromatic carbocycles. The molecule has 0 saturated carbocycles. The topological polar surface area (TPSA) is 49.3 Å². The van der Waals surface area contributed by atoms with Crippen molar-refractivity contribution < 1.29 is 9.90 Å². The lowest BCUT2D eigenvalue weighted by atomic mass is 10.1. The standard InChI is InChI=1S/C13H17I2NO2/c14-7-3-1-2-4-8-16-13(18)11-9-10(15)5-6-12(11)17/h5-6,9,17H,1-4,7-8H2,(H,16,18). The maximum absolute atomic E-state index is 11.8. The Morgan fingerprint density at radius 2 is 1.94 bits per heavy atom. The molecule has 0 unspecified atom stereocenters. The van der Waals surface area contributed by atoms with Crippen LogP contribution in [0.3, 0.4) is 0 Å². The first-order chi connectivity index (χ1) is 8.65. The maximum atomic E-state index is 11.8. The van der Waals surface area contributed by atoms with Gasteiger partial charge in [-0.15, -0.1) is 0 Å². The second-order valence-electron chi connectivity index (χ2n) is 4.02. The van der Waals surface area contributed by atoms with Crippen LogP contribution in [0.15, 0.2) is 18.2 Å².